The lowest BCUT2D eigenvalue weighted by molar-refractivity contribution is -0.0367. The Morgan fingerprint density at radius 1 is 1.00 bits per heavy atom. The van der Waals surface area contributed by atoms with E-state index < -0.39 is 0 Å². The van der Waals surface area contributed by atoms with Gasteiger partial charge in [-0.2, -0.15) is 0 Å². The van der Waals surface area contributed by atoms with Gasteiger partial charge in [0.05, 0.1) is 18.8 Å². The standard InChI is InChI=1S/C24H36N2O2/c1-16-10-22(23(18(3)17(16)2)20-6-9-27-12-20)19-4-7-26(8-5-19)21-11-24(28-13-21)14-25-15-24/h10,19-21,25H,4-9,11-15H2,1-3H3/t20?,21-/m0/s1. The second-order valence-electron chi connectivity index (χ2n) is 9.77. The molecule has 1 spiro atoms. The summed E-state index contributed by atoms with van der Waals surface area (Å²) in [6.45, 7) is 14.2. The highest BCUT2D eigenvalue weighted by Crippen LogP contribution is 2.41. The number of aryl methyl sites for hydroxylation is 1. The van der Waals surface area contributed by atoms with Gasteiger partial charge >= 0.3 is 0 Å². The van der Waals surface area contributed by atoms with Gasteiger partial charge in [-0.3, -0.25) is 4.90 Å². The average Bonchev–Trinajstić information content (AvgIpc) is 3.36. The highest BCUT2D eigenvalue weighted by atomic mass is 16.5. The van der Waals surface area contributed by atoms with E-state index in [1.165, 1.54) is 55.5 Å². The van der Waals surface area contributed by atoms with Crippen molar-refractivity contribution in [2.24, 2.45) is 0 Å². The number of ether oxygens (including phenoxy) is 2. The van der Waals surface area contributed by atoms with Gasteiger partial charge in [-0.1, -0.05) is 6.07 Å². The molecule has 0 aromatic heterocycles. The first-order chi connectivity index (χ1) is 13.6. The quantitative estimate of drug-likeness (QED) is 0.866. The molecule has 5 rings (SSSR count). The summed E-state index contributed by atoms with van der Waals surface area (Å²) in [5.74, 6) is 1.30. The summed E-state index contributed by atoms with van der Waals surface area (Å²) in [6.07, 6.45) is 4.97. The van der Waals surface area contributed by atoms with Gasteiger partial charge in [0, 0.05) is 31.7 Å². The Morgan fingerprint density at radius 2 is 1.79 bits per heavy atom. The van der Waals surface area contributed by atoms with Crippen molar-refractivity contribution < 1.29 is 9.47 Å². The summed E-state index contributed by atoms with van der Waals surface area (Å²) >= 11 is 0. The van der Waals surface area contributed by atoms with Gasteiger partial charge < -0.3 is 14.8 Å². The molecule has 28 heavy (non-hydrogen) atoms. The van der Waals surface area contributed by atoms with Crippen LogP contribution in [0.15, 0.2) is 6.07 Å². The zero-order chi connectivity index (χ0) is 19.3. The topological polar surface area (TPSA) is 33.7 Å². The molecule has 1 N–H and O–H groups in total. The molecule has 4 fully saturated rings. The third-order valence-corrected chi connectivity index (χ3v) is 8.15. The minimum atomic E-state index is 0.169. The third-order valence-electron chi connectivity index (χ3n) is 8.15. The Hall–Kier alpha value is -0.940. The summed E-state index contributed by atoms with van der Waals surface area (Å²) in [6, 6.07) is 3.15. The van der Waals surface area contributed by atoms with Gasteiger partial charge in [0.1, 0.15) is 0 Å². The molecule has 0 aliphatic carbocycles. The molecular weight excluding hydrogens is 348 g/mol. The smallest absolute Gasteiger partial charge is 0.0946 e. The van der Waals surface area contributed by atoms with Gasteiger partial charge in [-0.25, -0.2) is 0 Å². The molecule has 0 radical (unpaired) electrons. The van der Waals surface area contributed by atoms with Crippen molar-refractivity contribution in [2.45, 2.75) is 69.9 Å². The van der Waals surface area contributed by atoms with E-state index in [2.05, 4.69) is 37.1 Å². The van der Waals surface area contributed by atoms with Crippen LogP contribution in [0.5, 0.6) is 0 Å². The van der Waals surface area contributed by atoms with Crippen LogP contribution in [0.25, 0.3) is 0 Å². The fourth-order valence-corrected chi connectivity index (χ4v) is 6.06. The van der Waals surface area contributed by atoms with Crippen molar-refractivity contribution in [2.75, 3.05) is 46.0 Å². The zero-order valence-corrected chi connectivity index (χ0v) is 17.9. The molecule has 0 amide bonds. The van der Waals surface area contributed by atoms with Gasteiger partial charge in [-0.15, -0.1) is 0 Å². The van der Waals surface area contributed by atoms with Crippen molar-refractivity contribution in [3.8, 4) is 0 Å². The first-order valence-corrected chi connectivity index (χ1v) is 11.3. The van der Waals surface area contributed by atoms with Gasteiger partial charge in [-0.05, 0) is 93.3 Å². The van der Waals surface area contributed by atoms with E-state index in [1.807, 2.05) is 0 Å². The number of nitrogens with one attached hydrogen (secondary N) is 1. The SMILES string of the molecule is Cc1cc(C2CCN([C@@H]3COC4(CNC4)C3)CC2)c(C2CCOC2)c(C)c1C. The molecule has 1 unspecified atom stereocenters. The Balaban J connectivity index is 1.32. The van der Waals surface area contributed by atoms with E-state index in [9.17, 15) is 0 Å². The molecular formula is C24H36N2O2. The minimum Gasteiger partial charge on any atom is -0.381 e. The van der Waals surface area contributed by atoms with Crippen molar-refractivity contribution in [3.05, 3.63) is 33.9 Å². The molecule has 4 aliphatic rings. The summed E-state index contributed by atoms with van der Waals surface area (Å²) < 4.78 is 11.9. The number of nitrogens with zero attached hydrogens (tertiary/aromatic N) is 1. The maximum absolute atomic E-state index is 6.17. The molecule has 154 valence electrons. The molecule has 0 saturated carbocycles. The number of hydrogen-bond donors (Lipinski definition) is 1. The molecule has 4 heteroatoms. The van der Waals surface area contributed by atoms with Crippen molar-refractivity contribution in [1.29, 1.82) is 0 Å². The summed E-state index contributed by atoms with van der Waals surface area (Å²) in [7, 11) is 0. The molecule has 4 nitrogen and oxygen atoms in total. The van der Waals surface area contributed by atoms with Crippen LogP contribution in [0.4, 0.5) is 0 Å². The van der Waals surface area contributed by atoms with E-state index >= 15 is 0 Å². The van der Waals surface area contributed by atoms with Crippen LogP contribution < -0.4 is 5.32 Å². The van der Waals surface area contributed by atoms with Crippen LogP contribution >= 0.6 is 0 Å². The Morgan fingerprint density at radius 3 is 2.39 bits per heavy atom. The van der Waals surface area contributed by atoms with Gasteiger partial charge in [0.25, 0.3) is 0 Å². The molecule has 0 bridgehead atoms. The van der Waals surface area contributed by atoms with E-state index in [0.717, 1.165) is 32.9 Å². The summed E-state index contributed by atoms with van der Waals surface area (Å²) in [5.41, 5.74) is 7.90. The minimum absolute atomic E-state index is 0.169. The first kappa shape index (κ1) is 19.0. The monoisotopic (exact) mass is 384 g/mol. The molecule has 4 heterocycles. The van der Waals surface area contributed by atoms with Crippen molar-refractivity contribution in [3.63, 3.8) is 0 Å². The van der Waals surface area contributed by atoms with E-state index in [-0.39, 0.29) is 5.60 Å². The Bertz CT molecular complexity index is 729. The maximum Gasteiger partial charge on any atom is 0.0946 e. The number of piperidine rings is 1. The van der Waals surface area contributed by atoms with E-state index in [1.54, 1.807) is 11.1 Å². The van der Waals surface area contributed by atoms with E-state index in [0.29, 0.717) is 17.9 Å². The predicted molar refractivity (Wildman–Crippen MR) is 112 cm³/mol. The summed E-state index contributed by atoms with van der Waals surface area (Å²) in [5, 5.41) is 3.39. The lowest BCUT2D eigenvalue weighted by Crippen LogP contribution is -2.59. The molecule has 4 aliphatic heterocycles. The lowest BCUT2D eigenvalue weighted by atomic mass is 9.78. The average molecular weight is 385 g/mol. The van der Waals surface area contributed by atoms with Crippen LogP contribution in [0, 0.1) is 20.8 Å². The first-order valence-electron chi connectivity index (χ1n) is 11.3. The Labute approximate surface area is 170 Å². The second kappa shape index (κ2) is 7.39. The number of hydrogen-bond acceptors (Lipinski definition) is 4. The largest absolute Gasteiger partial charge is 0.381 e. The highest BCUT2D eigenvalue weighted by molar-refractivity contribution is 5.48. The number of likely N-dealkylation sites (tertiary alicyclic amines) is 1. The number of rotatable bonds is 3. The Kier molecular flexibility index (Phi) is 5.03. The van der Waals surface area contributed by atoms with Gasteiger partial charge in [0.15, 0.2) is 0 Å². The molecule has 2 atom stereocenters. The van der Waals surface area contributed by atoms with Gasteiger partial charge in [0.2, 0.25) is 0 Å². The molecule has 4 saturated heterocycles. The van der Waals surface area contributed by atoms with Crippen LogP contribution in [-0.2, 0) is 9.47 Å². The van der Waals surface area contributed by atoms with Crippen molar-refractivity contribution in [1.82, 2.24) is 10.2 Å². The second-order valence-corrected chi connectivity index (χ2v) is 9.77. The maximum atomic E-state index is 6.17. The third kappa shape index (κ3) is 3.23. The van der Waals surface area contributed by atoms with Crippen LogP contribution in [0.1, 0.15) is 65.3 Å². The lowest BCUT2D eigenvalue weighted by Gasteiger charge is -2.40. The highest BCUT2D eigenvalue weighted by Gasteiger charge is 2.47. The fourth-order valence-electron chi connectivity index (χ4n) is 6.06. The summed E-state index contributed by atoms with van der Waals surface area (Å²) in [4.78, 5) is 2.72. The normalized spacial score (nSPS) is 30.8. The van der Waals surface area contributed by atoms with Crippen LogP contribution in [0.3, 0.4) is 0 Å². The van der Waals surface area contributed by atoms with Crippen LogP contribution in [0.2, 0.25) is 0 Å². The predicted octanol–water partition coefficient (Wildman–Crippen LogP) is 3.43. The fraction of sp³-hybridized carbons (Fsp3) is 0.750. The van der Waals surface area contributed by atoms with E-state index in [4.69, 9.17) is 9.47 Å². The number of benzene rings is 1. The zero-order valence-electron chi connectivity index (χ0n) is 17.9. The molecule has 1 aromatic carbocycles. The van der Waals surface area contributed by atoms with Crippen LogP contribution in [-0.4, -0.2) is 62.5 Å². The molecule has 1 aromatic rings. The van der Waals surface area contributed by atoms with Crippen molar-refractivity contribution >= 4 is 0 Å².